The van der Waals surface area contributed by atoms with Crippen molar-refractivity contribution in [3.05, 3.63) is 11.6 Å². The van der Waals surface area contributed by atoms with Crippen LogP contribution in [0.2, 0.25) is 0 Å². The number of alkyl halides is 3. The van der Waals surface area contributed by atoms with Crippen molar-refractivity contribution in [2.45, 2.75) is 70.1 Å². The highest BCUT2D eigenvalue weighted by molar-refractivity contribution is 5.79. The number of likely N-dealkylation sites (tertiary alicyclic amines) is 1. The van der Waals surface area contributed by atoms with Gasteiger partial charge in [-0.1, -0.05) is 11.6 Å². The topological polar surface area (TPSA) is 49.4 Å². The number of hydrogen-bond acceptors (Lipinski definition) is 2. The molecule has 2 rings (SSSR count). The number of halogens is 3. The summed E-state index contributed by atoms with van der Waals surface area (Å²) in [7, 11) is 0. The van der Waals surface area contributed by atoms with Crippen LogP contribution >= 0.6 is 0 Å². The average molecular weight is 332 g/mol. The van der Waals surface area contributed by atoms with Crippen LogP contribution < -0.4 is 5.32 Å². The number of rotatable bonds is 3. The molecule has 0 bridgehead atoms. The third-order valence-electron chi connectivity index (χ3n) is 4.45. The quantitative estimate of drug-likeness (QED) is 0.808. The molecular weight excluding hydrogens is 309 g/mol. The van der Waals surface area contributed by atoms with Crippen molar-refractivity contribution in [3.8, 4) is 0 Å². The number of hydrogen-bond donors (Lipinski definition) is 1. The molecule has 2 atom stereocenters. The predicted molar refractivity (Wildman–Crippen MR) is 79.6 cm³/mol. The Morgan fingerprint density at radius 1 is 1.30 bits per heavy atom. The summed E-state index contributed by atoms with van der Waals surface area (Å²) >= 11 is 0. The normalized spacial score (nSPS) is 25.7. The minimum absolute atomic E-state index is 0.0549. The molecular formula is C16H23F3N2O2. The molecule has 23 heavy (non-hydrogen) atoms. The zero-order chi connectivity index (χ0) is 17.0. The van der Waals surface area contributed by atoms with Crippen LogP contribution in [0.4, 0.5) is 13.2 Å². The van der Waals surface area contributed by atoms with E-state index in [0.29, 0.717) is 0 Å². The second-order valence-electron chi connectivity index (χ2n) is 6.36. The monoisotopic (exact) mass is 332 g/mol. The van der Waals surface area contributed by atoms with E-state index in [1.165, 1.54) is 6.92 Å². The Morgan fingerprint density at radius 3 is 2.61 bits per heavy atom. The van der Waals surface area contributed by atoms with Gasteiger partial charge in [0.25, 0.3) is 0 Å². The molecule has 0 aromatic heterocycles. The average Bonchev–Trinajstić information content (AvgIpc) is 2.46. The lowest BCUT2D eigenvalue weighted by Gasteiger charge is -2.40. The van der Waals surface area contributed by atoms with Crippen molar-refractivity contribution in [1.29, 1.82) is 0 Å². The number of nitrogens with zero attached hydrogens (tertiary/aromatic N) is 1. The van der Waals surface area contributed by atoms with Gasteiger partial charge in [-0.05, 0) is 38.5 Å². The van der Waals surface area contributed by atoms with Crippen LogP contribution in [-0.4, -0.2) is 41.5 Å². The fraction of sp³-hybridized carbons (Fsp3) is 0.750. The molecule has 1 heterocycles. The molecule has 4 nitrogen and oxygen atoms in total. The van der Waals surface area contributed by atoms with E-state index in [-0.39, 0.29) is 31.7 Å². The number of amides is 2. The standard InChI is InChI=1S/C16H23F3N2O2/c1-11(22)20-13-7-8-14(16(17,18)19)21(10-13)15(23)9-12-5-3-2-4-6-12/h5,13-14H,2-4,6-10H2,1H3,(H,20,22). The molecule has 1 N–H and O–H groups in total. The summed E-state index contributed by atoms with van der Waals surface area (Å²) in [6, 6.07) is -2.15. The Labute approximate surface area is 134 Å². The van der Waals surface area contributed by atoms with E-state index in [1.807, 2.05) is 6.08 Å². The first-order valence-corrected chi connectivity index (χ1v) is 8.08. The van der Waals surface area contributed by atoms with Gasteiger partial charge in [0.15, 0.2) is 0 Å². The summed E-state index contributed by atoms with van der Waals surface area (Å²) < 4.78 is 39.7. The zero-order valence-corrected chi connectivity index (χ0v) is 13.3. The van der Waals surface area contributed by atoms with Crippen molar-refractivity contribution in [3.63, 3.8) is 0 Å². The molecule has 130 valence electrons. The second-order valence-corrected chi connectivity index (χ2v) is 6.36. The molecule has 1 aliphatic carbocycles. The van der Waals surface area contributed by atoms with E-state index >= 15 is 0 Å². The first kappa shape index (κ1) is 17.8. The minimum Gasteiger partial charge on any atom is -0.352 e. The molecule has 0 aromatic carbocycles. The Kier molecular flexibility index (Phi) is 5.70. The van der Waals surface area contributed by atoms with Crippen LogP contribution in [-0.2, 0) is 9.59 Å². The summed E-state index contributed by atoms with van der Waals surface area (Å²) in [5.74, 6) is -0.779. The maximum Gasteiger partial charge on any atom is 0.408 e. The van der Waals surface area contributed by atoms with Gasteiger partial charge in [0.2, 0.25) is 11.8 Å². The number of allylic oxidation sites excluding steroid dienone is 1. The van der Waals surface area contributed by atoms with Crippen LogP contribution in [0.5, 0.6) is 0 Å². The number of nitrogens with one attached hydrogen (secondary N) is 1. The lowest BCUT2D eigenvalue weighted by molar-refractivity contribution is -0.197. The molecule has 1 fully saturated rings. The zero-order valence-electron chi connectivity index (χ0n) is 13.3. The van der Waals surface area contributed by atoms with Crippen LogP contribution in [0.25, 0.3) is 0 Å². The maximum atomic E-state index is 13.2. The summed E-state index contributed by atoms with van der Waals surface area (Å²) in [5.41, 5.74) is 0.934. The van der Waals surface area contributed by atoms with Crippen LogP contribution in [0.3, 0.4) is 0 Å². The molecule has 0 aromatic rings. The van der Waals surface area contributed by atoms with Gasteiger partial charge in [-0.3, -0.25) is 9.59 Å². The van der Waals surface area contributed by atoms with Crippen LogP contribution in [0.1, 0.15) is 51.9 Å². The van der Waals surface area contributed by atoms with E-state index in [2.05, 4.69) is 5.32 Å². The molecule has 0 radical (unpaired) electrons. The van der Waals surface area contributed by atoms with Gasteiger partial charge in [0.1, 0.15) is 6.04 Å². The summed E-state index contributed by atoms with van der Waals surface area (Å²) in [4.78, 5) is 24.5. The summed E-state index contributed by atoms with van der Waals surface area (Å²) in [5, 5.41) is 2.63. The number of piperidine rings is 1. The largest absolute Gasteiger partial charge is 0.408 e. The second kappa shape index (κ2) is 7.36. The van der Waals surface area contributed by atoms with Crippen molar-refractivity contribution in [1.82, 2.24) is 10.2 Å². The molecule has 0 spiro atoms. The Bertz CT molecular complexity index is 488. The Balaban J connectivity index is 2.08. The van der Waals surface area contributed by atoms with Crippen LogP contribution in [0, 0.1) is 0 Å². The lowest BCUT2D eigenvalue weighted by Crippen LogP contribution is -2.58. The highest BCUT2D eigenvalue weighted by Crippen LogP contribution is 2.33. The van der Waals surface area contributed by atoms with E-state index < -0.39 is 24.2 Å². The van der Waals surface area contributed by atoms with Crippen LogP contribution in [0.15, 0.2) is 11.6 Å². The van der Waals surface area contributed by atoms with Crippen molar-refractivity contribution in [2.24, 2.45) is 0 Å². The van der Waals surface area contributed by atoms with Gasteiger partial charge in [0, 0.05) is 25.9 Å². The molecule has 2 unspecified atom stereocenters. The maximum absolute atomic E-state index is 13.2. The predicted octanol–water partition coefficient (Wildman–Crippen LogP) is 2.93. The summed E-state index contributed by atoms with van der Waals surface area (Å²) in [6.45, 7) is 1.25. The molecule has 1 saturated heterocycles. The van der Waals surface area contributed by atoms with E-state index in [1.54, 1.807) is 0 Å². The van der Waals surface area contributed by atoms with E-state index in [4.69, 9.17) is 0 Å². The fourth-order valence-corrected chi connectivity index (χ4v) is 3.35. The molecule has 1 aliphatic heterocycles. The third kappa shape index (κ3) is 4.97. The molecule has 2 amide bonds. The summed E-state index contributed by atoms with van der Waals surface area (Å²) in [6.07, 6.45) is 1.38. The Morgan fingerprint density at radius 2 is 2.04 bits per heavy atom. The van der Waals surface area contributed by atoms with Gasteiger partial charge in [-0.25, -0.2) is 0 Å². The van der Waals surface area contributed by atoms with Gasteiger partial charge in [0.05, 0.1) is 0 Å². The van der Waals surface area contributed by atoms with Gasteiger partial charge in [-0.2, -0.15) is 13.2 Å². The van der Waals surface area contributed by atoms with Gasteiger partial charge >= 0.3 is 6.18 Å². The highest BCUT2D eigenvalue weighted by atomic mass is 19.4. The molecule has 0 saturated carbocycles. The van der Waals surface area contributed by atoms with Gasteiger partial charge < -0.3 is 10.2 Å². The molecule has 2 aliphatic rings. The first-order chi connectivity index (χ1) is 10.8. The van der Waals surface area contributed by atoms with Crippen molar-refractivity contribution < 1.29 is 22.8 Å². The lowest BCUT2D eigenvalue weighted by atomic mass is 9.94. The first-order valence-electron chi connectivity index (χ1n) is 8.08. The smallest absolute Gasteiger partial charge is 0.352 e. The SMILES string of the molecule is CC(=O)NC1CCC(C(F)(F)F)N(C(=O)CC2=CCCCC2)C1. The molecule has 7 heteroatoms. The number of carbonyl (C=O) groups is 2. The fourth-order valence-electron chi connectivity index (χ4n) is 3.35. The third-order valence-corrected chi connectivity index (χ3v) is 4.45. The van der Waals surface area contributed by atoms with E-state index in [0.717, 1.165) is 36.2 Å². The van der Waals surface area contributed by atoms with Crippen molar-refractivity contribution in [2.75, 3.05) is 6.54 Å². The Hall–Kier alpha value is -1.53. The van der Waals surface area contributed by atoms with Crippen molar-refractivity contribution >= 4 is 11.8 Å². The minimum atomic E-state index is -4.43. The van der Waals surface area contributed by atoms with Gasteiger partial charge in [-0.15, -0.1) is 0 Å². The highest BCUT2D eigenvalue weighted by Gasteiger charge is 2.48. The van der Waals surface area contributed by atoms with E-state index in [9.17, 15) is 22.8 Å². The number of carbonyl (C=O) groups excluding carboxylic acids is 2.